The fraction of sp³-hybridized carbons (Fsp3) is 0. The highest BCUT2D eigenvalue weighted by Crippen LogP contribution is 2.21. The minimum atomic E-state index is -4.08. The molecule has 0 atom stereocenters. The number of benzene rings is 1. The number of hydrogen-bond donors (Lipinski definition) is 2. The number of carboxylic acids is 1. The van der Waals surface area contributed by atoms with Crippen molar-refractivity contribution in [3.63, 3.8) is 0 Å². The molecule has 0 fully saturated rings. The Balaban J connectivity index is 2.30. The molecular formula is C12H9FN2O4S2. The molecule has 1 aromatic heterocycles. The first-order valence-corrected chi connectivity index (χ1v) is 7.87. The van der Waals surface area contributed by atoms with Gasteiger partial charge in [0.05, 0.1) is 0 Å². The summed E-state index contributed by atoms with van der Waals surface area (Å²) in [6.07, 6.45) is 3.41. The predicted octanol–water partition coefficient (Wildman–Crippen LogP) is 2.18. The van der Waals surface area contributed by atoms with Gasteiger partial charge in [0, 0.05) is 17.7 Å². The third kappa shape index (κ3) is 3.86. The number of carbonyl (C=O) groups is 1. The zero-order chi connectivity index (χ0) is 15.5. The number of nitrogens with one attached hydrogen (secondary N) is 1. The van der Waals surface area contributed by atoms with Crippen molar-refractivity contribution in [2.45, 2.75) is 4.90 Å². The summed E-state index contributed by atoms with van der Waals surface area (Å²) < 4.78 is 40.0. The van der Waals surface area contributed by atoms with E-state index in [1.54, 1.807) is 5.38 Å². The normalized spacial score (nSPS) is 11.7. The molecule has 0 aliphatic carbocycles. The largest absolute Gasteiger partial charge is 0.478 e. The smallest absolute Gasteiger partial charge is 0.328 e. The van der Waals surface area contributed by atoms with E-state index in [1.165, 1.54) is 12.3 Å². The van der Waals surface area contributed by atoms with Crippen LogP contribution in [-0.2, 0) is 14.8 Å². The predicted molar refractivity (Wildman–Crippen MR) is 76.0 cm³/mol. The van der Waals surface area contributed by atoms with Crippen LogP contribution in [0.3, 0.4) is 0 Å². The Hall–Kier alpha value is -2.26. The minimum Gasteiger partial charge on any atom is -0.478 e. The maximum Gasteiger partial charge on any atom is 0.328 e. The molecule has 1 heterocycles. The molecule has 0 saturated heterocycles. The molecule has 0 radical (unpaired) electrons. The van der Waals surface area contributed by atoms with Crippen molar-refractivity contribution in [2.75, 3.05) is 4.72 Å². The van der Waals surface area contributed by atoms with E-state index in [2.05, 4.69) is 9.71 Å². The number of hydrogen-bond acceptors (Lipinski definition) is 5. The van der Waals surface area contributed by atoms with E-state index in [0.717, 1.165) is 35.6 Å². The van der Waals surface area contributed by atoms with Crippen LogP contribution >= 0.6 is 11.3 Å². The van der Waals surface area contributed by atoms with Crippen LogP contribution in [0.25, 0.3) is 6.08 Å². The van der Waals surface area contributed by atoms with Crippen LogP contribution in [0.4, 0.5) is 9.52 Å². The van der Waals surface area contributed by atoms with Crippen molar-refractivity contribution in [1.82, 2.24) is 4.98 Å². The van der Waals surface area contributed by atoms with Crippen molar-refractivity contribution < 1.29 is 22.7 Å². The number of carboxylic acid groups (broad SMARTS) is 1. The quantitative estimate of drug-likeness (QED) is 0.820. The molecule has 110 valence electrons. The topological polar surface area (TPSA) is 96.4 Å². The third-order valence-corrected chi connectivity index (χ3v) is 4.51. The molecule has 0 saturated carbocycles. The van der Waals surface area contributed by atoms with E-state index >= 15 is 0 Å². The third-order valence-electron chi connectivity index (χ3n) is 2.32. The van der Waals surface area contributed by atoms with Crippen LogP contribution in [0.15, 0.2) is 40.7 Å². The number of anilines is 1. The van der Waals surface area contributed by atoms with Crippen LogP contribution < -0.4 is 4.72 Å². The van der Waals surface area contributed by atoms with Crippen LogP contribution in [0.5, 0.6) is 0 Å². The van der Waals surface area contributed by atoms with Crippen LogP contribution in [0.2, 0.25) is 0 Å². The highest BCUT2D eigenvalue weighted by Gasteiger charge is 2.20. The van der Waals surface area contributed by atoms with Gasteiger partial charge >= 0.3 is 5.97 Å². The van der Waals surface area contributed by atoms with Crippen LogP contribution in [0.1, 0.15) is 5.56 Å². The molecule has 1 aromatic carbocycles. The summed E-state index contributed by atoms with van der Waals surface area (Å²) in [7, 11) is -4.08. The Kier molecular flexibility index (Phi) is 4.34. The number of thiazole rings is 1. The second-order valence-corrected chi connectivity index (χ2v) is 6.35. The van der Waals surface area contributed by atoms with E-state index in [1.807, 2.05) is 0 Å². The molecule has 0 aliphatic rings. The Morgan fingerprint density at radius 3 is 2.76 bits per heavy atom. The van der Waals surface area contributed by atoms with E-state index in [9.17, 15) is 17.6 Å². The van der Waals surface area contributed by atoms with Crippen molar-refractivity contribution in [3.05, 3.63) is 47.2 Å². The van der Waals surface area contributed by atoms with Gasteiger partial charge in [-0.15, -0.1) is 11.3 Å². The zero-order valence-electron chi connectivity index (χ0n) is 10.4. The zero-order valence-corrected chi connectivity index (χ0v) is 12.0. The Morgan fingerprint density at radius 2 is 2.19 bits per heavy atom. The second-order valence-electron chi connectivity index (χ2n) is 3.80. The highest BCUT2D eigenvalue weighted by atomic mass is 32.2. The van der Waals surface area contributed by atoms with Crippen LogP contribution in [0, 0.1) is 5.82 Å². The average Bonchev–Trinajstić information content (AvgIpc) is 2.88. The average molecular weight is 328 g/mol. The Labute approximate surface area is 123 Å². The lowest BCUT2D eigenvalue weighted by atomic mass is 10.2. The summed E-state index contributed by atoms with van der Waals surface area (Å²) in [5.74, 6) is -2.16. The summed E-state index contributed by atoms with van der Waals surface area (Å²) in [5.41, 5.74) is 0.239. The minimum absolute atomic E-state index is 0.129. The summed E-state index contributed by atoms with van der Waals surface area (Å²) in [6.45, 7) is 0. The van der Waals surface area contributed by atoms with Gasteiger partial charge in [-0.3, -0.25) is 4.72 Å². The van der Waals surface area contributed by atoms with Gasteiger partial charge in [-0.05, 0) is 23.8 Å². The van der Waals surface area contributed by atoms with E-state index in [4.69, 9.17) is 5.11 Å². The molecule has 0 aliphatic heterocycles. The molecule has 0 amide bonds. The van der Waals surface area contributed by atoms with Gasteiger partial charge in [-0.25, -0.2) is 22.6 Å². The lowest BCUT2D eigenvalue weighted by Gasteiger charge is -2.06. The van der Waals surface area contributed by atoms with E-state index < -0.39 is 26.7 Å². The summed E-state index contributed by atoms with van der Waals surface area (Å²) in [5, 5.41) is 10.2. The van der Waals surface area contributed by atoms with Gasteiger partial charge < -0.3 is 5.11 Å². The van der Waals surface area contributed by atoms with Gasteiger partial charge in [0.2, 0.25) is 0 Å². The van der Waals surface area contributed by atoms with E-state index in [-0.39, 0.29) is 10.7 Å². The van der Waals surface area contributed by atoms with E-state index in [0.29, 0.717) is 0 Å². The summed E-state index contributed by atoms with van der Waals surface area (Å²) in [4.78, 5) is 13.6. The fourth-order valence-electron chi connectivity index (χ4n) is 1.45. The first kappa shape index (κ1) is 15.1. The van der Waals surface area contributed by atoms with Gasteiger partial charge in [-0.2, -0.15) is 0 Å². The van der Waals surface area contributed by atoms with Gasteiger partial charge in [0.15, 0.2) is 5.13 Å². The second kappa shape index (κ2) is 6.02. The van der Waals surface area contributed by atoms with Crippen LogP contribution in [-0.4, -0.2) is 24.5 Å². The monoisotopic (exact) mass is 328 g/mol. The Morgan fingerprint density at radius 1 is 1.43 bits per heavy atom. The SMILES string of the molecule is O=C(O)/C=C/c1ccc(S(=O)(=O)Nc2nccs2)c(F)c1. The maximum atomic E-state index is 13.9. The maximum absolute atomic E-state index is 13.9. The summed E-state index contributed by atoms with van der Waals surface area (Å²) in [6, 6.07) is 3.31. The molecule has 2 N–H and O–H groups in total. The first-order valence-electron chi connectivity index (χ1n) is 5.51. The molecule has 9 heteroatoms. The molecule has 0 spiro atoms. The molecule has 0 bridgehead atoms. The standard InChI is InChI=1S/C12H9FN2O4S2/c13-9-7-8(2-4-11(16)17)1-3-10(9)21(18,19)15-12-14-5-6-20-12/h1-7H,(H,14,15)(H,16,17)/b4-2+. The molecule has 0 unspecified atom stereocenters. The molecule has 2 rings (SSSR count). The first-order chi connectivity index (χ1) is 9.88. The highest BCUT2D eigenvalue weighted by molar-refractivity contribution is 7.93. The van der Waals surface area contributed by atoms with Gasteiger partial charge in [0.25, 0.3) is 10.0 Å². The number of aliphatic carboxylic acids is 1. The summed E-state index contributed by atoms with van der Waals surface area (Å²) >= 11 is 1.06. The fourth-order valence-corrected chi connectivity index (χ4v) is 3.30. The van der Waals surface area contributed by atoms with Crippen molar-refractivity contribution in [3.8, 4) is 0 Å². The lowest BCUT2D eigenvalue weighted by molar-refractivity contribution is -0.131. The van der Waals surface area contributed by atoms with Crippen molar-refractivity contribution >= 4 is 38.5 Å². The molecule has 2 aromatic rings. The van der Waals surface area contributed by atoms with Crippen molar-refractivity contribution in [2.24, 2.45) is 0 Å². The molecule has 6 nitrogen and oxygen atoms in total. The Bertz CT molecular complexity index is 786. The number of halogens is 1. The number of sulfonamides is 1. The van der Waals surface area contributed by atoms with Gasteiger partial charge in [-0.1, -0.05) is 6.07 Å². The lowest BCUT2D eigenvalue weighted by Crippen LogP contribution is -2.14. The molecular weight excluding hydrogens is 319 g/mol. The van der Waals surface area contributed by atoms with Crippen molar-refractivity contribution in [1.29, 1.82) is 0 Å². The number of rotatable bonds is 5. The number of aromatic nitrogens is 1. The van der Waals surface area contributed by atoms with Gasteiger partial charge in [0.1, 0.15) is 10.7 Å². The molecule has 21 heavy (non-hydrogen) atoms. The number of nitrogens with zero attached hydrogens (tertiary/aromatic N) is 1.